The van der Waals surface area contributed by atoms with E-state index in [-0.39, 0.29) is 26.1 Å². The van der Waals surface area contributed by atoms with Gasteiger partial charge in [-0.15, -0.1) is 0 Å². The standard InChI is InChI=1S/2C12H11NO4/c2*14-10-6-9(11(15)13-10)12(16)17-7-8-4-2-1-3-5-8/h2*1-5,9H,6-7H2,(H,13,14,15). The van der Waals surface area contributed by atoms with E-state index in [0.717, 1.165) is 11.1 Å². The van der Waals surface area contributed by atoms with E-state index in [4.69, 9.17) is 9.47 Å². The Balaban J connectivity index is 0.000000191. The van der Waals surface area contributed by atoms with Crippen LogP contribution in [0.5, 0.6) is 0 Å². The second-order valence-electron chi connectivity index (χ2n) is 7.52. The predicted molar refractivity (Wildman–Crippen MR) is 115 cm³/mol. The van der Waals surface area contributed by atoms with E-state index < -0.39 is 47.4 Å². The Morgan fingerprint density at radius 3 is 1.29 bits per heavy atom. The van der Waals surface area contributed by atoms with Crippen LogP contribution in [-0.2, 0) is 51.5 Å². The molecular weight excluding hydrogens is 444 g/mol. The molecule has 176 valence electrons. The maximum absolute atomic E-state index is 11.5. The van der Waals surface area contributed by atoms with Crippen LogP contribution in [-0.4, -0.2) is 35.6 Å². The average molecular weight is 466 g/mol. The van der Waals surface area contributed by atoms with Gasteiger partial charge in [-0.25, -0.2) is 0 Å². The van der Waals surface area contributed by atoms with E-state index in [9.17, 15) is 28.8 Å². The largest absolute Gasteiger partial charge is 0.460 e. The van der Waals surface area contributed by atoms with Crippen LogP contribution in [0.15, 0.2) is 60.7 Å². The van der Waals surface area contributed by atoms with Crippen molar-refractivity contribution in [3.63, 3.8) is 0 Å². The molecule has 4 rings (SSSR count). The molecule has 2 aliphatic rings. The number of rotatable bonds is 6. The molecule has 0 aromatic heterocycles. The van der Waals surface area contributed by atoms with Crippen molar-refractivity contribution in [3.05, 3.63) is 71.8 Å². The number of benzene rings is 2. The molecule has 0 radical (unpaired) electrons. The summed E-state index contributed by atoms with van der Waals surface area (Å²) in [6.45, 7) is 0.218. The van der Waals surface area contributed by atoms with Crippen molar-refractivity contribution in [1.82, 2.24) is 10.6 Å². The third-order valence-electron chi connectivity index (χ3n) is 4.95. The number of nitrogens with one attached hydrogen (secondary N) is 2. The molecule has 4 amide bonds. The van der Waals surface area contributed by atoms with Crippen LogP contribution in [0.2, 0.25) is 0 Å². The molecule has 2 unspecified atom stereocenters. The van der Waals surface area contributed by atoms with Gasteiger partial charge in [-0.1, -0.05) is 60.7 Å². The average Bonchev–Trinajstić information content (AvgIpc) is 3.37. The molecule has 2 aliphatic heterocycles. The summed E-state index contributed by atoms with van der Waals surface area (Å²) < 4.78 is 9.96. The van der Waals surface area contributed by atoms with E-state index >= 15 is 0 Å². The molecule has 2 heterocycles. The monoisotopic (exact) mass is 466 g/mol. The third kappa shape index (κ3) is 6.83. The lowest BCUT2D eigenvalue weighted by molar-refractivity contribution is -0.153. The molecular formula is C24H22N2O8. The van der Waals surface area contributed by atoms with Gasteiger partial charge in [-0.05, 0) is 11.1 Å². The fourth-order valence-corrected chi connectivity index (χ4v) is 3.15. The van der Waals surface area contributed by atoms with Crippen molar-refractivity contribution >= 4 is 35.6 Å². The summed E-state index contributed by atoms with van der Waals surface area (Å²) >= 11 is 0. The zero-order chi connectivity index (χ0) is 24.5. The smallest absolute Gasteiger partial charge is 0.319 e. The Morgan fingerprint density at radius 2 is 1.00 bits per heavy atom. The van der Waals surface area contributed by atoms with Crippen molar-refractivity contribution in [2.24, 2.45) is 11.8 Å². The van der Waals surface area contributed by atoms with E-state index in [1.807, 2.05) is 60.7 Å². The van der Waals surface area contributed by atoms with Crippen LogP contribution in [0.25, 0.3) is 0 Å². The van der Waals surface area contributed by atoms with Gasteiger partial charge in [-0.3, -0.25) is 39.4 Å². The van der Waals surface area contributed by atoms with Gasteiger partial charge in [0.05, 0.1) is 0 Å². The molecule has 34 heavy (non-hydrogen) atoms. The molecule has 0 spiro atoms. The van der Waals surface area contributed by atoms with E-state index in [1.54, 1.807) is 0 Å². The molecule has 2 atom stereocenters. The minimum atomic E-state index is -0.994. The maximum atomic E-state index is 11.5. The van der Waals surface area contributed by atoms with Gasteiger partial charge in [0.15, 0.2) is 0 Å². The number of hydrogen-bond donors (Lipinski definition) is 2. The first-order valence-corrected chi connectivity index (χ1v) is 10.4. The molecule has 0 bridgehead atoms. The Morgan fingerprint density at radius 1 is 0.647 bits per heavy atom. The highest BCUT2D eigenvalue weighted by atomic mass is 16.5. The summed E-state index contributed by atoms with van der Waals surface area (Å²) in [6, 6.07) is 18.3. The van der Waals surface area contributed by atoms with Crippen LogP contribution < -0.4 is 10.6 Å². The fraction of sp³-hybridized carbons (Fsp3) is 0.250. The minimum Gasteiger partial charge on any atom is -0.460 e. The van der Waals surface area contributed by atoms with Crippen molar-refractivity contribution < 1.29 is 38.2 Å². The van der Waals surface area contributed by atoms with Gasteiger partial charge in [0, 0.05) is 12.8 Å². The van der Waals surface area contributed by atoms with Crippen LogP contribution in [0.3, 0.4) is 0 Å². The maximum Gasteiger partial charge on any atom is 0.319 e. The van der Waals surface area contributed by atoms with Crippen LogP contribution in [0.1, 0.15) is 24.0 Å². The highest BCUT2D eigenvalue weighted by Crippen LogP contribution is 2.15. The zero-order valence-corrected chi connectivity index (χ0v) is 18.0. The highest BCUT2D eigenvalue weighted by molar-refractivity contribution is 6.13. The first-order chi connectivity index (χ1) is 16.3. The van der Waals surface area contributed by atoms with Gasteiger partial charge in [0.2, 0.25) is 23.6 Å². The number of imide groups is 2. The van der Waals surface area contributed by atoms with Gasteiger partial charge >= 0.3 is 11.9 Å². The molecule has 0 saturated carbocycles. The lowest BCUT2D eigenvalue weighted by atomic mass is 10.1. The molecule has 0 aliphatic carbocycles. The number of carbonyl (C=O) groups excluding carboxylic acids is 6. The fourth-order valence-electron chi connectivity index (χ4n) is 3.15. The third-order valence-corrected chi connectivity index (χ3v) is 4.95. The number of ether oxygens (including phenoxy) is 2. The molecule has 2 N–H and O–H groups in total. The first kappa shape index (κ1) is 24.3. The number of carbonyl (C=O) groups is 6. The second kappa shape index (κ2) is 11.5. The van der Waals surface area contributed by atoms with Crippen LogP contribution in [0, 0.1) is 11.8 Å². The molecule has 2 saturated heterocycles. The Labute approximate surface area is 194 Å². The first-order valence-electron chi connectivity index (χ1n) is 10.4. The number of amides is 4. The van der Waals surface area contributed by atoms with E-state index in [1.165, 1.54) is 0 Å². The highest BCUT2D eigenvalue weighted by Gasteiger charge is 2.38. The summed E-state index contributed by atoms with van der Waals surface area (Å²) in [5.74, 6) is -5.32. The van der Waals surface area contributed by atoms with E-state index in [2.05, 4.69) is 10.6 Å². The van der Waals surface area contributed by atoms with Gasteiger partial charge in [-0.2, -0.15) is 0 Å². The van der Waals surface area contributed by atoms with Gasteiger partial charge in [0.25, 0.3) is 0 Å². The van der Waals surface area contributed by atoms with Crippen molar-refractivity contribution in [1.29, 1.82) is 0 Å². The van der Waals surface area contributed by atoms with Crippen LogP contribution in [0.4, 0.5) is 0 Å². The number of hydrogen-bond acceptors (Lipinski definition) is 8. The lowest BCUT2D eigenvalue weighted by Crippen LogP contribution is -2.27. The molecule has 10 heteroatoms. The summed E-state index contributed by atoms with van der Waals surface area (Å²) in [4.78, 5) is 67.3. The van der Waals surface area contributed by atoms with Crippen molar-refractivity contribution in [3.8, 4) is 0 Å². The minimum absolute atomic E-state index is 0.109. The van der Waals surface area contributed by atoms with E-state index in [0.29, 0.717) is 0 Å². The summed E-state index contributed by atoms with van der Waals surface area (Å²) in [7, 11) is 0. The lowest BCUT2D eigenvalue weighted by Gasteiger charge is -2.07. The van der Waals surface area contributed by atoms with Gasteiger partial charge < -0.3 is 9.47 Å². The Hall–Kier alpha value is -4.34. The second-order valence-corrected chi connectivity index (χ2v) is 7.52. The zero-order valence-electron chi connectivity index (χ0n) is 18.0. The Kier molecular flexibility index (Phi) is 8.22. The quantitative estimate of drug-likeness (QED) is 0.361. The number of esters is 2. The molecule has 2 aromatic rings. The normalized spacial score (nSPS) is 18.9. The molecule has 2 fully saturated rings. The summed E-state index contributed by atoms with van der Waals surface area (Å²) in [6.07, 6.45) is -0.237. The molecule has 2 aromatic carbocycles. The van der Waals surface area contributed by atoms with Crippen molar-refractivity contribution in [2.75, 3.05) is 0 Å². The van der Waals surface area contributed by atoms with Gasteiger partial charge in [0.1, 0.15) is 25.0 Å². The topological polar surface area (TPSA) is 145 Å². The SMILES string of the molecule is O=C1CC(C(=O)OCc2ccccc2)C(=O)N1.O=C1CC(C(=O)OCc2ccccc2)C(=O)N1. The summed E-state index contributed by atoms with van der Waals surface area (Å²) in [5, 5.41) is 4.13. The summed E-state index contributed by atoms with van der Waals surface area (Å²) in [5.41, 5.74) is 1.68. The van der Waals surface area contributed by atoms with Crippen LogP contribution >= 0.6 is 0 Å². The molecule has 10 nitrogen and oxygen atoms in total. The Bertz CT molecular complexity index is 997. The van der Waals surface area contributed by atoms with Crippen molar-refractivity contribution in [2.45, 2.75) is 26.1 Å². The predicted octanol–water partition coefficient (Wildman–Crippen LogP) is 0.785.